The minimum Gasteiger partial charge on any atom is -0.494 e. The SMILES string of the molecule is COc1ccccc1-n1nc2c(c1C#N)CCC2. The molecule has 18 heavy (non-hydrogen) atoms. The molecular formula is C14H13N3O. The lowest BCUT2D eigenvalue weighted by molar-refractivity contribution is 0.411. The number of benzene rings is 1. The van der Waals surface area contributed by atoms with Crippen molar-refractivity contribution in [2.45, 2.75) is 19.3 Å². The minimum absolute atomic E-state index is 0.645. The van der Waals surface area contributed by atoms with Crippen LogP contribution in [0.2, 0.25) is 0 Å². The second-order valence-corrected chi connectivity index (χ2v) is 4.32. The van der Waals surface area contributed by atoms with Gasteiger partial charge in [0.25, 0.3) is 0 Å². The van der Waals surface area contributed by atoms with Crippen LogP contribution >= 0.6 is 0 Å². The van der Waals surface area contributed by atoms with Gasteiger partial charge in [0.15, 0.2) is 0 Å². The number of aromatic nitrogens is 2. The highest BCUT2D eigenvalue weighted by molar-refractivity contribution is 5.51. The number of nitrogens with zero attached hydrogens (tertiary/aromatic N) is 3. The van der Waals surface area contributed by atoms with E-state index < -0.39 is 0 Å². The molecule has 3 rings (SSSR count). The van der Waals surface area contributed by atoms with E-state index in [1.807, 2.05) is 24.3 Å². The smallest absolute Gasteiger partial charge is 0.147 e. The summed E-state index contributed by atoms with van der Waals surface area (Å²) < 4.78 is 7.04. The number of hydrogen-bond acceptors (Lipinski definition) is 3. The van der Waals surface area contributed by atoms with Crippen molar-refractivity contribution in [2.75, 3.05) is 7.11 Å². The van der Waals surface area contributed by atoms with Crippen LogP contribution in [0.4, 0.5) is 0 Å². The fourth-order valence-corrected chi connectivity index (χ4v) is 2.49. The van der Waals surface area contributed by atoms with E-state index in [1.165, 1.54) is 0 Å². The van der Waals surface area contributed by atoms with Crippen molar-refractivity contribution in [3.8, 4) is 17.5 Å². The van der Waals surface area contributed by atoms with Crippen LogP contribution in [-0.2, 0) is 12.8 Å². The first-order valence-electron chi connectivity index (χ1n) is 5.99. The van der Waals surface area contributed by atoms with Gasteiger partial charge in [0.05, 0.1) is 12.8 Å². The van der Waals surface area contributed by atoms with Gasteiger partial charge >= 0.3 is 0 Å². The van der Waals surface area contributed by atoms with Crippen LogP contribution in [0.1, 0.15) is 23.4 Å². The Labute approximate surface area is 105 Å². The highest BCUT2D eigenvalue weighted by Gasteiger charge is 2.23. The van der Waals surface area contributed by atoms with Crippen molar-refractivity contribution in [1.29, 1.82) is 5.26 Å². The Morgan fingerprint density at radius 3 is 2.94 bits per heavy atom. The maximum atomic E-state index is 9.34. The van der Waals surface area contributed by atoms with E-state index in [2.05, 4.69) is 11.2 Å². The largest absolute Gasteiger partial charge is 0.494 e. The van der Waals surface area contributed by atoms with E-state index in [1.54, 1.807) is 11.8 Å². The zero-order valence-corrected chi connectivity index (χ0v) is 10.2. The van der Waals surface area contributed by atoms with Gasteiger partial charge in [-0.15, -0.1) is 0 Å². The standard InChI is InChI=1S/C14H13N3O/c1-18-14-8-3-2-7-12(14)17-13(9-15)10-5-4-6-11(10)16-17/h2-3,7-8H,4-6H2,1H3. The first-order valence-corrected chi connectivity index (χ1v) is 5.99. The van der Waals surface area contributed by atoms with Crippen molar-refractivity contribution < 1.29 is 4.74 Å². The van der Waals surface area contributed by atoms with Crippen LogP contribution in [-0.4, -0.2) is 16.9 Å². The molecule has 0 spiro atoms. The lowest BCUT2D eigenvalue weighted by Gasteiger charge is -2.09. The van der Waals surface area contributed by atoms with Gasteiger partial charge in [0.1, 0.15) is 23.2 Å². The van der Waals surface area contributed by atoms with Gasteiger partial charge in [0.2, 0.25) is 0 Å². The molecule has 0 radical (unpaired) electrons. The summed E-state index contributed by atoms with van der Waals surface area (Å²) in [5.74, 6) is 0.732. The van der Waals surface area contributed by atoms with Gasteiger partial charge in [-0.05, 0) is 31.4 Å². The van der Waals surface area contributed by atoms with Crippen LogP contribution < -0.4 is 4.74 Å². The monoisotopic (exact) mass is 239 g/mol. The Kier molecular flexibility index (Phi) is 2.52. The number of methoxy groups -OCH3 is 1. The molecule has 90 valence electrons. The molecule has 1 aromatic carbocycles. The number of hydrogen-bond donors (Lipinski definition) is 0. The fourth-order valence-electron chi connectivity index (χ4n) is 2.49. The molecule has 1 aliphatic carbocycles. The third-order valence-corrected chi connectivity index (χ3v) is 3.33. The zero-order valence-electron chi connectivity index (χ0n) is 10.2. The molecule has 0 amide bonds. The quantitative estimate of drug-likeness (QED) is 0.807. The lowest BCUT2D eigenvalue weighted by Crippen LogP contribution is -2.03. The van der Waals surface area contributed by atoms with Crippen LogP contribution in [0.15, 0.2) is 24.3 Å². The van der Waals surface area contributed by atoms with Crippen molar-refractivity contribution in [3.05, 3.63) is 41.2 Å². The van der Waals surface area contributed by atoms with Crippen LogP contribution in [0.5, 0.6) is 5.75 Å². The van der Waals surface area contributed by atoms with Gasteiger partial charge in [-0.1, -0.05) is 12.1 Å². The fraction of sp³-hybridized carbons (Fsp3) is 0.286. The molecule has 1 heterocycles. The number of para-hydroxylation sites is 2. The first kappa shape index (κ1) is 10.8. The normalized spacial score (nSPS) is 13.1. The highest BCUT2D eigenvalue weighted by Crippen LogP contribution is 2.29. The molecule has 4 nitrogen and oxygen atoms in total. The van der Waals surface area contributed by atoms with Crippen LogP contribution in [0.25, 0.3) is 5.69 Å². The van der Waals surface area contributed by atoms with Crippen LogP contribution in [0, 0.1) is 11.3 Å². The van der Waals surface area contributed by atoms with Crippen molar-refractivity contribution >= 4 is 0 Å². The Bertz CT molecular complexity index is 637. The molecule has 0 saturated carbocycles. The van der Waals surface area contributed by atoms with Crippen molar-refractivity contribution in [1.82, 2.24) is 9.78 Å². The van der Waals surface area contributed by atoms with Gasteiger partial charge in [-0.25, -0.2) is 4.68 Å². The van der Waals surface area contributed by atoms with Crippen LogP contribution in [0.3, 0.4) is 0 Å². The molecule has 0 aliphatic heterocycles. The summed E-state index contributed by atoms with van der Waals surface area (Å²) in [5, 5.41) is 13.9. The Balaban J connectivity index is 2.21. The molecule has 0 saturated heterocycles. The number of nitriles is 1. The summed E-state index contributed by atoms with van der Waals surface area (Å²) in [5.41, 5.74) is 3.62. The van der Waals surface area contributed by atoms with E-state index in [9.17, 15) is 5.26 Å². The molecular weight excluding hydrogens is 226 g/mol. The van der Waals surface area contributed by atoms with Crippen molar-refractivity contribution in [3.63, 3.8) is 0 Å². The molecule has 4 heteroatoms. The molecule has 0 fully saturated rings. The number of ether oxygens (including phenoxy) is 1. The summed E-state index contributed by atoms with van der Waals surface area (Å²) in [6.45, 7) is 0. The molecule has 0 atom stereocenters. The van der Waals surface area contributed by atoms with E-state index in [0.29, 0.717) is 5.69 Å². The second kappa shape index (κ2) is 4.19. The van der Waals surface area contributed by atoms with E-state index in [0.717, 1.165) is 42.0 Å². The third kappa shape index (κ3) is 1.48. The Morgan fingerprint density at radius 1 is 1.33 bits per heavy atom. The zero-order chi connectivity index (χ0) is 12.5. The van der Waals surface area contributed by atoms with Gasteiger partial charge in [-0.3, -0.25) is 0 Å². The number of aryl methyl sites for hydroxylation is 1. The van der Waals surface area contributed by atoms with E-state index in [4.69, 9.17) is 4.74 Å². The summed E-state index contributed by atoms with van der Waals surface area (Å²) in [6.07, 6.45) is 3.01. The number of rotatable bonds is 2. The molecule has 1 aliphatic rings. The maximum absolute atomic E-state index is 9.34. The highest BCUT2D eigenvalue weighted by atomic mass is 16.5. The van der Waals surface area contributed by atoms with E-state index >= 15 is 0 Å². The molecule has 2 aromatic rings. The summed E-state index contributed by atoms with van der Waals surface area (Å²) >= 11 is 0. The third-order valence-electron chi connectivity index (χ3n) is 3.33. The predicted molar refractivity (Wildman–Crippen MR) is 66.9 cm³/mol. The average Bonchev–Trinajstić information content (AvgIpc) is 2.98. The van der Waals surface area contributed by atoms with Gasteiger partial charge in [0, 0.05) is 5.56 Å². The molecule has 0 unspecified atom stereocenters. The molecule has 0 bridgehead atoms. The van der Waals surface area contributed by atoms with E-state index in [-0.39, 0.29) is 0 Å². The van der Waals surface area contributed by atoms with Gasteiger partial charge < -0.3 is 4.74 Å². The summed E-state index contributed by atoms with van der Waals surface area (Å²) in [7, 11) is 1.63. The Hall–Kier alpha value is -2.28. The second-order valence-electron chi connectivity index (χ2n) is 4.32. The average molecular weight is 239 g/mol. The molecule has 0 N–H and O–H groups in total. The van der Waals surface area contributed by atoms with Gasteiger partial charge in [-0.2, -0.15) is 10.4 Å². The Morgan fingerprint density at radius 2 is 2.17 bits per heavy atom. The first-order chi connectivity index (χ1) is 8.85. The molecule has 1 aromatic heterocycles. The topological polar surface area (TPSA) is 50.8 Å². The summed E-state index contributed by atoms with van der Waals surface area (Å²) in [6, 6.07) is 9.90. The maximum Gasteiger partial charge on any atom is 0.147 e. The predicted octanol–water partition coefficient (Wildman–Crippen LogP) is 2.24. The van der Waals surface area contributed by atoms with Crippen molar-refractivity contribution in [2.24, 2.45) is 0 Å². The summed E-state index contributed by atoms with van der Waals surface area (Å²) in [4.78, 5) is 0. The number of fused-ring (bicyclic) bond motifs is 1. The lowest BCUT2D eigenvalue weighted by atomic mass is 10.2. The minimum atomic E-state index is 0.645.